The molecule has 1 aliphatic rings. The molecule has 0 aromatic heterocycles. The molecule has 0 unspecified atom stereocenters. The van der Waals surface area contributed by atoms with Crippen molar-refractivity contribution in [1.29, 1.82) is 0 Å². The van der Waals surface area contributed by atoms with Gasteiger partial charge >= 0.3 is 6.03 Å². The van der Waals surface area contributed by atoms with Gasteiger partial charge in [0.05, 0.1) is 12.2 Å². The van der Waals surface area contributed by atoms with Crippen molar-refractivity contribution in [3.63, 3.8) is 0 Å². The standard InChI is InChI=1S/C17H26N2O3/c1-11-6-12(2)8-13(7-11)16(20)10-18-17(21)19-14-4-5-15(9-14)22-3/h6-8,14-16,20H,4-5,9-10H2,1-3H3,(H2,18,19,21)/t14-,15+,16+/m0/s1. The highest BCUT2D eigenvalue weighted by atomic mass is 16.5. The van der Waals surface area contributed by atoms with E-state index in [0.717, 1.165) is 36.0 Å². The number of urea groups is 1. The van der Waals surface area contributed by atoms with Gasteiger partial charge < -0.3 is 20.5 Å². The van der Waals surface area contributed by atoms with E-state index in [-0.39, 0.29) is 24.7 Å². The van der Waals surface area contributed by atoms with Crippen LogP contribution in [0.5, 0.6) is 0 Å². The predicted molar refractivity (Wildman–Crippen MR) is 85.8 cm³/mol. The quantitative estimate of drug-likeness (QED) is 0.781. The molecular weight excluding hydrogens is 280 g/mol. The van der Waals surface area contributed by atoms with Crippen molar-refractivity contribution in [2.24, 2.45) is 0 Å². The molecule has 22 heavy (non-hydrogen) atoms. The molecular formula is C17H26N2O3. The maximum atomic E-state index is 11.9. The van der Waals surface area contributed by atoms with Crippen LogP contribution in [0.3, 0.4) is 0 Å². The molecule has 2 rings (SSSR count). The number of methoxy groups -OCH3 is 1. The minimum atomic E-state index is -0.695. The average Bonchev–Trinajstić information content (AvgIpc) is 2.91. The summed E-state index contributed by atoms with van der Waals surface area (Å²) in [4.78, 5) is 11.9. The van der Waals surface area contributed by atoms with Gasteiger partial charge in [0.25, 0.3) is 0 Å². The van der Waals surface area contributed by atoms with E-state index < -0.39 is 6.10 Å². The number of aliphatic hydroxyl groups excluding tert-OH is 1. The lowest BCUT2D eigenvalue weighted by molar-refractivity contribution is 0.107. The Kier molecular flexibility index (Phi) is 5.80. The highest BCUT2D eigenvalue weighted by Crippen LogP contribution is 2.21. The number of nitrogens with one attached hydrogen (secondary N) is 2. The predicted octanol–water partition coefficient (Wildman–Crippen LogP) is 2.20. The zero-order valence-corrected chi connectivity index (χ0v) is 13.6. The van der Waals surface area contributed by atoms with Crippen molar-refractivity contribution in [2.75, 3.05) is 13.7 Å². The molecule has 2 amide bonds. The number of hydrogen-bond acceptors (Lipinski definition) is 3. The largest absolute Gasteiger partial charge is 0.387 e. The normalized spacial score (nSPS) is 22.4. The number of aliphatic hydroxyl groups is 1. The zero-order valence-electron chi connectivity index (χ0n) is 13.6. The van der Waals surface area contributed by atoms with Crippen LogP contribution in [0.15, 0.2) is 18.2 Å². The number of rotatable bonds is 5. The molecule has 5 heteroatoms. The number of amides is 2. The monoisotopic (exact) mass is 306 g/mol. The van der Waals surface area contributed by atoms with E-state index in [0.29, 0.717) is 0 Å². The van der Waals surface area contributed by atoms with Gasteiger partial charge in [-0.05, 0) is 38.7 Å². The second kappa shape index (κ2) is 7.61. The lowest BCUT2D eigenvalue weighted by Gasteiger charge is -2.17. The molecule has 3 N–H and O–H groups in total. The third kappa shape index (κ3) is 4.71. The molecule has 0 bridgehead atoms. The first-order valence-electron chi connectivity index (χ1n) is 7.81. The van der Waals surface area contributed by atoms with Crippen LogP contribution in [0, 0.1) is 13.8 Å². The van der Waals surface area contributed by atoms with Crippen LogP contribution >= 0.6 is 0 Å². The molecule has 1 aromatic carbocycles. The lowest BCUT2D eigenvalue weighted by atomic mass is 10.0. The number of benzene rings is 1. The molecule has 0 heterocycles. The van der Waals surface area contributed by atoms with E-state index in [1.54, 1.807) is 7.11 Å². The van der Waals surface area contributed by atoms with Gasteiger partial charge in [0.2, 0.25) is 0 Å². The van der Waals surface area contributed by atoms with Crippen molar-refractivity contribution >= 4 is 6.03 Å². The second-order valence-electron chi connectivity index (χ2n) is 6.16. The van der Waals surface area contributed by atoms with E-state index in [1.807, 2.05) is 26.0 Å². The highest BCUT2D eigenvalue weighted by molar-refractivity contribution is 5.74. The summed E-state index contributed by atoms with van der Waals surface area (Å²) >= 11 is 0. The molecule has 5 nitrogen and oxygen atoms in total. The van der Waals surface area contributed by atoms with Crippen molar-refractivity contribution in [3.8, 4) is 0 Å². The Balaban J connectivity index is 1.78. The fourth-order valence-corrected chi connectivity index (χ4v) is 3.03. The smallest absolute Gasteiger partial charge is 0.315 e. The topological polar surface area (TPSA) is 70.6 Å². The first-order chi connectivity index (χ1) is 10.5. The van der Waals surface area contributed by atoms with E-state index >= 15 is 0 Å². The number of carbonyl (C=O) groups is 1. The van der Waals surface area contributed by atoms with Crippen LogP contribution in [0.2, 0.25) is 0 Å². The van der Waals surface area contributed by atoms with E-state index in [4.69, 9.17) is 4.74 Å². The molecule has 0 spiro atoms. The first kappa shape index (κ1) is 16.8. The van der Waals surface area contributed by atoms with Crippen molar-refractivity contribution in [2.45, 2.75) is 51.4 Å². The third-order valence-electron chi connectivity index (χ3n) is 4.14. The molecule has 1 aliphatic carbocycles. The number of carbonyl (C=O) groups excluding carboxylic acids is 1. The maximum absolute atomic E-state index is 11.9. The Morgan fingerprint density at radius 2 is 2.00 bits per heavy atom. The van der Waals surface area contributed by atoms with E-state index in [1.165, 1.54) is 0 Å². The zero-order chi connectivity index (χ0) is 16.1. The Morgan fingerprint density at radius 3 is 2.59 bits per heavy atom. The minimum absolute atomic E-state index is 0.156. The van der Waals surface area contributed by atoms with Crippen LogP contribution in [-0.2, 0) is 4.74 Å². The molecule has 3 atom stereocenters. The van der Waals surface area contributed by atoms with Gasteiger partial charge in [-0.25, -0.2) is 4.79 Å². The minimum Gasteiger partial charge on any atom is -0.387 e. The molecule has 1 aromatic rings. The summed E-state index contributed by atoms with van der Waals surface area (Å²) < 4.78 is 5.29. The summed E-state index contributed by atoms with van der Waals surface area (Å²) in [7, 11) is 1.70. The van der Waals surface area contributed by atoms with Crippen molar-refractivity contribution in [1.82, 2.24) is 10.6 Å². The summed E-state index contributed by atoms with van der Waals surface area (Å²) in [5.74, 6) is 0. The summed E-state index contributed by atoms with van der Waals surface area (Å²) in [6.45, 7) is 4.19. The Morgan fingerprint density at radius 1 is 1.32 bits per heavy atom. The molecule has 1 fully saturated rings. The van der Waals surface area contributed by atoms with Gasteiger partial charge in [0.15, 0.2) is 0 Å². The Labute approximate surface area is 132 Å². The molecule has 1 saturated carbocycles. The summed E-state index contributed by atoms with van der Waals surface area (Å²) in [6, 6.07) is 5.87. The van der Waals surface area contributed by atoms with Gasteiger partial charge in [-0.1, -0.05) is 29.3 Å². The maximum Gasteiger partial charge on any atom is 0.315 e. The third-order valence-corrected chi connectivity index (χ3v) is 4.14. The van der Waals surface area contributed by atoms with E-state index in [2.05, 4.69) is 16.7 Å². The van der Waals surface area contributed by atoms with Crippen LogP contribution in [0.1, 0.15) is 42.1 Å². The summed E-state index contributed by atoms with van der Waals surface area (Å²) in [6.07, 6.45) is 2.31. The lowest BCUT2D eigenvalue weighted by Crippen LogP contribution is -2.42. The van der Waals surface area contributed by atoms with Crippen LogP contribution in [0.25, 0.3) is 0 Å². The molecule has 0 radical (unpaired) electrons. The Bertz CT molecular complexity index is 498. The van der Waals surface area contributed by atoms with Crippen LogP contribution < -0.4 is 10.6 Å². The van der Waals surface area contributed by atoms with Gasteiger partial charge in [0, 0.05) is 19.7 Å². The van der Waals surface area contributed by atoms with Crippen molar-refractivity contribution in [3.05, 3.63) is 34.9 Å². The van der Waals surface area contributed by atoms with Gasteiger partial charge in [-0.15, -0.1) is 0 Å². The van der Waals surface area contributed by atoms with Gasteiger partial charge in [-0.3, -0.25) is 0 Å². The molecule has 122 valence electrons. The van der Waals surface area contributed by atoms with Gasteiger partial charge in [0.1, 0.15) is 0 Å². The van der Waals surface area contributed by atoms with Gasteiger partial charge in [-0.2, -0.15) is 0 Å². The fraction of sp³-hybridized carbons (Fsp3) is 0.588. The Hall–Kier alpha value is -1.59. The van der Waals surface area contributed by atoms with Crippen LogP contribution in [-0.4, -0.2) is 36.9 Å². The number of ether oxygens (including phenoxy) is 1. The summed E-state index contributed by atoms with van der Waals surface area (Å²) in [5.41, 5.74) is 3.04. The van der Waals surface area contributed by atoms with Crippen molar-refractivity contribution < 1.29 is 14.6 Å². The SMILES string of the molecule is CO[C@@H]1CC[C@H](NC(=O)NC[C@@H](O)c2cc(C)cc(C)c2)C1. The van der Waals surface area contributed by atoms with Crippen LogP contribution in [0.4, 0.5) is 4.79 Å². The number of aryl methyl sites for hydroxylation is 2. The number of hydrogen-bond donors (Lipinski definition) is 3. The first-order valence-corrected chi connectivity index (χ1v) is 7.81. The van der Waals surface area contributed by atoms with E-state index in [9.17, 15) is 9.90 Å². The molecule has 0 saturated heterocycles. The highest BCUT2D eigenvalue weighted by Gasteiger charge is 2.25. The molecule has 0 aliphatic heterocycles. The second-order valence-corrected chi connectivity index (χ2v) is 6.16. The summed E-state index contributed by atoms with van der Waals surface area (Å²) in [5, 5.41) is 15.9. The fourth-order valence-electron chi connectivity index (χ4n) is 3.03. The average molecular weight is 306 g/mol.